The Hall–Kier alpha value is -2.06. The van der Waals surface area contributed by atoms with E-state index in [1.807, 2.05) is 44.1 Å². The van der Waals surface area contributed by atoms with Gasteiger partial charge in [-0.15, -0.1) is 11.8 Å². The summed E-state index contributed by atoms with van der Waals surface area (Å²) in [6, 6.07) is 5.80. The summed E-state index contributed by atoms with van der Waals surface area (Å²) in [6.45, 7) is 12.1. The van der Waals surface area contributed by atoms with Crippen molar-refractivity contribution in [3.05, 3.63) is 30.0 Å². The van der Waals surface area contributed by atoms with E-state index in [0.717, 1.165) is 48.1 Å². The number of benzene rings is 1. The number of rotatable bonds is 12. The molecule has 1 aromatic heterocycles. The molecule has 1 heterocycles. The molecular weight excluding hydrogens is 473 g/mol. The van der Waals surface area contributed by atoms with Crippen LogP contribution in [-0.4, -0.2) is 57.4 Å². The van der Waals surface area contributed by atoms with E-state index in [1.165, 1.54) is 13.3 Å². The number of amides is 1. The van der Waals surface area contributed by atoms with E-state index in [4.69, 9.17) is 5.41 Å². The lowest BCUT2D eigenvalue weighted by atomic mass is 9.96. The van der Waals surface area contributed by atoms with Crippen LogP contribution >= 0.6 is 11.8 Å². The molecule has 2 N–H and O–H groups in total. The number of nitrogens with one attached hydrogen (secondary N) is 2. The lowest BCUT2D eigenvalue weighted by Crippen LogP contribution is -2.36. The average molecular weight is 520 g/mol. The Kier molecular flexibility index (Phi) is 14.8. The molecule has 0 aliphatic heterocycles. The predicted molar refractivity (Wildman–Crippen MR) is 154 cm³/mol. The Balaban J connectivity index is 0.000000402. The van der Waals surface area contributed by atoms with E-state index >= 15 is 0 Å². The van der Waals surface area contributed by atoms with E-state index in [0.29, 0.717) is 16.7 Å². The van der Waals surface area contributed by atoms with Crippen LogP contribution in [0.3, 0.4) is 0 Å². The number of carbonyl (C=O) groups excluding carboxylic acids is 1. The van der Waals surface area contributed by atoms with Gasteiger partial charge >= 0.3 is 0 Å². The van der Waals surface area contributed by atoms with Gasteiger partial charge in [0.15, 0.2) is 0 Å². The van der Waals surface area contributed by atoms with Crippen molar-refractivity contribution >= 4 is 39.6 Å². The summed E-state index contributed by atoms with van der Waals surface area (Å²) in [7, 11) is 3.95. The number of aromatic nitrogens is 2. The van der Waals surface area contributed by atoms with Crippen LogP contribution in [0.5, 0.6) is 0 Å². The second kappa shape index (κ2) is 16.6. The number of nitrogens with zero attached hydrogens (tertiary/aromatic N) is 3. The van der Waals surface area contributed by atoms with Crippen LogP contribution in [0.15, 0.2) is 24.4 Å². The van der Waals surface area contributed by atoms with Crippen molar-refractivity contribution in [1.82, 2.24) is 14.9 Å². The largest absolute Gasteiger partial charge is 0.304 e. The Morgan fingerprint density at radius 3 is 2.39 bits per heavy atom. The van der Waals surface area contributed by atoms with Crippen molar-refractivity contribution in [1.29, 1.82) is 5.41 Å². The fourth-order valence-corrected chi connectivity index (χ4v) is 4.83. The molecule has 8 heteroatoms. The fraction of sp³-hybridized carbons (Fsp3) is 0.643. The minimum absolute atomic E-state index is 0.106. The zero-order valence-corrected chi connectivity index (χ0v) is 24.2. The molecule has 0 bridgehead atoms. The number of carbonyl (C=O) groups is 1. The van der Waals surface area contributed by atoms with Gasteiger partial charge in [0.1, 0.15) is 6.17 Å². The number of alkyl halides is 1. The standard InChI is InChI=1S/C16H20N4OS.C12H26FN/c1-4-5-10(2)22-15(17)12-6-7-13-9-18-16(19-11(3)21)20-14(13)8-12;1-6-10(3)8-9-12(14(4)5)11(13)7-2/h6-10,17H,4-5H2,1-3H3,(H,18,19,20,21);10-12H,6-9H2,1-5H3/t;10?,11?,12-/m.0/s1. The number of hydrogen-bond acceptors (Lipinski definition) is 6. The van der Waals surface area contributed by atoms with Crippen molar-refractivity contribution in [2.24, 2.45) is 5.92 Å². The van der Waals surface area contributed by atoms with Crippen LogP contribution in [0.4, 0.5) is 10.3 Å². The summed E-state index contributed by atoms with van der Waals surface area (Å²) in [5.74, 6) is 0.810. The topological polar surface area (TPSA) is 82.0 Å². The highest BCUT2D eigenvalue weighted by atomic mass is 32.2. The molecule has 1 aromatic carbocycles. The maximum Gasteiger partial charge on any atom is 0.229 e. The molecule has 0 saturated heterocycles. The third kappa shape index (κ3) is 11.3. The van der Waals surface area contributed by atoms with Crippen LogP contribution < -0.4 is 5.32 Å². The Labute approximate surface area is 221 Å². The number of halogens is 1. The molecule has 1 amide bonds. The van der Waals surface area contributed by atoms with Crippen molar-refractivity contribution < 1.29 is 9.18 Å². The molecule has 0 radical (unpaired) electrons. The van der Waals surface area contributed by atoms with Gasteiger partial charge in [0.05, 0.1) is 10.6 Å². The third-order valence-electron chi connectivity index (χ3n) is 6.27. The number of fused-ring (bicyclic) bond motifs is 1. The van der Waals surface area contributed by atoms with E-state index in [9.17, 15) is 9.18 Å². The molecule has 0 saturated carbocycles. The second-order valence-corrected chi connectivity index (χ2v) is 11.2. The van der Waals surface area contributed by atoms with Crippen molar-refractivity contribution in [2.75, 3.05) is 19.4 Å². The second-order valence-electron chi connectivity index (χ2n) is 9.74. The quantitative estimate of drug-likeness (QED) is 0.227. The van der Waals surface area contributed by atoms with Gasteiger partial charge in [0.25, 0.3) is 0 Å². The first-order valence-corrected chi connectivity index (χ1v) is 14.0. The van der Waals surface area contributed by atoms with E-state index in [1.54, 1.807) is 18.0 Å². The molecule has 2 aromatic rings. The summed E-state index contributed by atoms with van der Waals surface area (Å²) < 4.78 is 13.6. The minimum Gasteiger partial charge on any atom is -0.304 e. The summed E-state index contributed by atoms with van der Waals surface area (Å²) in [6.07, 6.45) is 7.16. The van der Waals surface area contributed by atoms with Gasteiger partial charge in [-0.1, -0.05) is 59.6 Å². The Bertz CT molecular complexity index is 955. The summed E-state index contributed by atoms with van der Waals surface area (Å²) in [4.78, 5) is 21.5. The fourth-order valence-electron chi connectivity index (χ4n) is 3.81. The molecular formula is C28H46FN5OS. The monoisotopic (exact) mass is 519 g/mol. The van der Waals surface area contributed by atoms with E-state index in [2.05, 4.69) is 43.0 Å². The van der Waals surface area contributed by atoms with Gasteiger partial charge < -0.3 is 4.90 Å². The molecule has 2 rings (SSSR count). The summed E-state index contributed by atoms with van der Waals surface area (Å²) in [5, 5.41) is 12.7. The van der Waals surface area contributed by atoms with Gasteiger partial charge in [-0.25, -0.2) is 14.4 Å². The molecule has 0 aliphatic carbocycles. The highest BCUT2D eigenvalue weighted by Crippen LogP contribution is 2.23. The lowest BCUT2D eigenvalue weighted by Gasteiger charge is -2.27. The maximum absolute atomic E-state index is 13.6. The van der Waals surface area contributed by atoms with Crippen LogP contribution in [0.1, 0.15) is 85.6 Å². The lowest BCUT2D eigenvalue weighted by molar-refractivity contribution is -0.114. The first-order chi connectivity index (χ1) is 17.0. The highest BCUT2D eigenvalue weighted by Gasteiger charge is 2.21. The molecule has 0 aliphatic rings. The Morgan fingerprint density at radius 2 is 1.83 bits per heavy atom. The van der Waals surface area contributed by atoms with E-state index in [-0.39, 0.29) is 17.9 Å². The van der Waals surface area contributed by atoms with Gasteiger partial charge in [-0.2, -0.15) is 0 Å². The first kappa shape index (κ1) is 32.0. The van der Waals surface area contributed by atoms with E-state index < -0.39 is 6.17 Å². The molecule has 202 valence electrons. The van der Waals surface area contributed by atoms with Gasteiger partial charge in [0.2, 0.25) is 11.9 Å². The molecule has 3 unspecified atom stereocenters. The van der Waals surface area contributed by atoms with Crippen LogP contribution in [0.25, 0.3) is 10.9 Å². The first-order valence-electron chi connectivity index (χ1n) is 13.1. The van der Waals surface area contributed by atoms with Crippen LogP contribution in [0.2, 0.25) is 0 Å². The number of thioether (sulfide) groups is 1. The molecule has 6 nitrogen and oxygen atoms in total. The zero-order valence-electron chi connectivity index (χ0n) is 23.4. The minimum atomic E-state index is -0.672. The molecule has 4 atom stereocenters. The van der Waals surface area contributed by atoms with Crippen LogP contribution in [0, 0.1) is 11.3 Å². The highest BCUT2D eigenvalue weighted by molar-refractivity contribution is 8.14. The summed E-state index contributed by atoms with van der Waals surface area (Å²) in [5.41, 5.74) is 1.57. The summed E-state index contributed by atoms with van der Waals surface area (Å²) >= 11 is 1.57. The van der Waals surface area contributed by atoms with Crippen molar-refractivity contribution in [3.63, 3.8) is 0 Å². The van der Waals surface area contributed by atoms with Crippen molar-refractivity contribution in [2.45, 2.75) is 97.5 Å². The van der Waals surface area contributed by atoms with Crippen molar-refractivity contribution in [3.8, 4) is 0 Å². The van der Waals surface area contributed by atoms with Gasteiger partial charge in [-0.05, 0) is 51.8 Å². The Morgan fingerprint density at radius 1 is 1.14 bits per heavy atom. The molecule has 36 heavy (non-hydrogen) atoms. The third-order valence-corrected chi connectivity index (χ3v) is 7.38. The van der Waals surface area contributed by atoms with Gasteiger partial charge in [-0.3, -0.25) is 15.5 Å². The number of anilines is 1. The number of hydrogen-bond donors (Lipinski definition) is 2. The van der Waals surface area contributed by atoms with Crippen LogP contribution in [-0.2, 0) is 4.79 Å². The predicted octanol–water partition coefficient (Wildman–Crippen LogP) is 7.33. The smallest absolute Gasteiger partial charge is 0.229 e. The average Bonchev–Trinajstić information content (AvgIpc) is 2.83. The molecule has 0 spiro atoms. The normalized spacial score (nSPS) is 14.5. The SMILES string of the molecule is CCC(C)CC[C@@H](C(F)CC)N(C)C.CCCC(C)SC(=N)c1ccc2cnc(NC(C)=O)nc2c1. The maximum atomic E-state index is 13.6. The zero-order chi connectivity index (χ0) is 27.3. The van der Waals surface area contributed by atoms with Gasteiger partial charge in [0, 0.05) is 35.4 Å². The molecule has 0 fully saturated rings.